The van der Waals surface area contributed by atoms with Crippen LogP contribution >= 0.6 is 12.4 Å². The molecule has 0 saturated carbocycles. The Balaban J connectivity index is 0.00000200. The molecule has 0 heterocycles. The van der Waals surface area contributed by atoms with Crippen molar-refractivity contribution in [3.63, 3.8) is 0 Å². The Morgan fingerprint density at radius 3 is 2.15 bits per heavy atom. The van der Waals surface area contributed by atoms with Crippen molar-refractivity contribution in [2.45, 2.75) is 12.7 Å². The minimum Gasteiger partial charge on any atom is -0.457 e. The lowest BCUT2D eigenvalue weighted by Gasteiger charge is -2.10. The van der Waals surface area contributed by atoms with Crippen molar-refractivity contribution in [1.82, 2.24) is 0 Å². The van der Waals surface area contributed by atoms with Crippen molar-refractivity contribution in [3.05, 3.63) is 59.7 Å². The fourth-order valence-electron chi connectivity index (χ4n) is 1.57. The highest BCUT2D eigenvalue weighted by molar-refractivity contribution is 5.85. The lowest BCUT2D eigenvalue weighted by Crippen LogP contribution is -2.04. The predicted octanol–water partition coefficient (Wildman–Crippen LogP) is 4.38. The van der Waals surface area contributed by atoms with Crippen LogP contribution in [0.25, 0.3) is 0 Å². The molecular weight excluding hydrogens is 291 g/mol. The molecule has 0 bridgehead atoms. The molecular formula is C14H13ClF3NO. The summed E-state index contributed by atoms with van der Waals surface area (Å²) in [5.74, 6) is 0.617. The summed E-state index contributed by atoms with van der Waals surface area (Å²) in [5, 5.41) is 0. The first-order chi connectivity index (χ1) is 8.99. The van der Waals surface area contributed by atoms with Gasteiger partial charge in [0.05, 0.1) is 5.56 Å². The van der Waals surface area contributed by atoms with Gasteiger partial charge in [0.1, 0.15) is 11.5 Å². The van der Waals surface area contributed by atoms with Gasteiger partial charge in [-0.25, -0.2) is 0 Å². The number of halogens is 4. The molecule has 0 aromatic heterocycles. The molecule has 0 unspecified atom stereocenters. The molecule has 0 amide bonds. The second kappa shape index (κ2) is 6.63. The van der Waals surface area contributed by atoms with Crippen LogP contribution in [-0.2, 0) is 12.7 Å². The maximum Gasteiger partial charge on any atom is 0.416 e. The molecule has 0 spiro atoms. The summed E-state index contributed by atoms with van der Waals surface area (Å²) in [6.45, 7) is 0.407. The van der Waals surface area contributed by atoms with E-state index in [1.165, 1.54) is 12.1 Å². The minimum atomic E-state index is -4.37. The highest BCUT2D eigenvalue weighted by atomic mass is 35.5. The largest absolute Gasteiger partial charge is 0.457 e. The lowest BCUT2D eigenvalue weighted by molar-refractivity contribution is -0.137. The molecule has 2 N–H and O–H groups in total. The first-order valence-electron chi connectivity index (χ1n) is 5.63. The average molecular weight is 304 g/mol. The highest BCUT2D eigenvalue weighted by Gasteiger charge is 2.30. The van der Waals surface area contributed by atoms with E-state index in [0.717, 1.165) is 17.7 Å². The molecule has 6 heteroatoms. The maximum atomic E-state index is 12.5. The monoisotopic (exact) mass is 303 g/mol. The van der Waals surface area contributed by atoms with Crippen LogP contribution in [0.1, 0.15) is 11.1 Å². The summed E-state index contributed by atoms with van der Waals surface area (Å²) < 4.78 is 43.0. The molecule has 108 valence electrons. The van der Waals surface area contributed by atoms with Gasteiger partial charge in [-0.3, -0.25) is 0 Å². The average Bonchev–Trinajstić information content (AvgIpc) is 2.39. The first kappa shape index (κ1) is 16.3. The van der Waals surface area contributed by atoms with Gasteiger partial charge in [0.25, 0.3) is 0 Å². The Morgan fingerprint density at radius 1 is 0.950 bits per heavy atom. The summed E-state index contributed by atoms with van der Waals surface area (Å²) >= 11 is 0. The third-order valence-electron chi connectivity index (χ3n) is 2.56. The van der Waals surface area contributed by atoms with Gasteiger partial charge in [-0.15, -0.1) is 12.4 Å². The van der Waals surface area contributed by atoms with Crippen LogP contribution in [0.4, 0.5) is 13.2 Å². The van der Waals surface area contributed by atoms with Crippen molar-refractivity contribution < 1.29 is 17.9 Å². The van der Waals surface area contributed by atoms with E-state index in [9.17, 15) is 13.2 Å². The second-order valence-corrected chi connectivity index (χ2v) is 3.98. The van der Waals surface area contributed by atoms with Gasteiger partial charge in [-0.1, -0.05) is 18.2 Å². The minimum absolute atomic E-state index is 0. The molecule has 0 aliphatic carbocycles. The summed E-state index contributed by atoms with van der Waals surface area (Å²) in [7, 11) is 0. The molecule has 2 aromatic rings. The Labute approximate surface area is 120 Å². The zero-order chi connectivity index (χ0) is 13.9. The van der Waals surface area contributed by atoms with E-state index in [2.05, 4.69) is 0 Å². The SMILES string of the molecule is Cl.NCc1ccc(Oc2cccc(C(F)(F)F)c2)cc1. The van der Waals surface area contributed by atoms with Crippen LogP contribution in [0.2, 0.25) is 0 Å². The van der Waals surface area contributed by atoms with E-state index in [-0.39, 0.29) is 18.2 Å². The summed E-state index contributed by atoms with van der Waals surface area (Å²) in [6, 6.07) is 11.6. The van der Waals surface area contributed by atoms with Crippen LogP contribution < -0.4 is 10.5 Å². The lowest BCUT2D eigenvalue weighted by atomic mass is 10.2. The molecule has 0 saturated heterocycles. The van der Waals surface area contributed by atoms with E-state index in [0.29, 0.717) is 12.3 Å². The standard InChI is InChI=1S/C14H12F3NO.ClH/c15-14(16,17)11-2-1-3-13(8-11)19-12-6-4-10(9-18)5-7-12;/h1-8H,9,18H2;1H. The molecule has 0 aliphatic rings. The smallest absolute Gasteiger partial charge is 0.416 e. The number of alkyl halides is 3. The van der Waals surface area contributed by atoms with Gasteiger partial charge >= 0.3 is 6.18 Å². The van der Waals surface area contributed by atoms with E-state index >= 15 is 0 Å². The van der Waals surface area contributed by atoms with Gasteiger partial charge in [0.2, 0.25) is 0 Å². The molecule has 2 rings (SSSR count). The van der Waals surface area contributed by atoms with Gasteiger partial charge in [-0.05, 0) is 35.9 Å². The van der Waals surface area contributed by atoms with Crippen LogP contribution in [-0.4, -0.2) is 0 Å². The molecule has 0 atom stereocenters. The Hall–Kier alpha value is -1.72. The number of hydrogen-bond acceptors (Lipinski definition) is 2. The quantitative estimate of drug-likeness (QED) is 0.913. The number of hydrogen-bond donors (Lipinski definition) is 1. The molecule has 0 fully saturated rings. The van der Waals surface area contributed by atoms with Crippen LogP contribution in [0.15, 0.2) is 48.5 Å². The maximum absolute atomic E-state index is 12.5. The van der Waals surface area contributed by atoms with Gasteiger partial charge in [0.15, 0.2) is 0 Å². The normalized spacial score (nSPS) is 10.8. The number of rotatable bonds is 3. The van der Waals surface area contributed by atoms with Crippen molar-refractivity contribution in [2.24, 2.45) is 5.73 Å². The van der Waals surface area contributed by atoms with E-state index in [1.54, 1.807) is 24.3 Å². The van der Waals surface area contributed by atoms with Gasteiger partial charge in [-0.2, -0.15) is 13.2 Å². The Bertz CT molecular complexity index is 555. The molecule has 20 heavy (non-hydrogen) atoms. The molecule has 2 aromatic carbocycles. The highest BCUT2D eigenvalue weighted by Crippen LogP contribution is 2.32. The van der Waals surface area contributed by atoms with Crippen LogP contribution in [0.3, 0.4) is 0 Å². The second-order valence-electron chi connectivity index (χ2n) is 3.98. The van der Waals surface area contributed by atoms with E-state index < -0.39 is 11.7 Å². The fourth-order valence-corrected chi connectivity index (χ4v) is 1.57. The third-order valence-corrected chi connectivity index (χ3v) is 2.56. The summed E-state index contributed by atoms with van der Waals surface area (Å²) in [5.41, 5.74) is 5.65. The molecule has 0 radical (unpaired) electrons. The van der Waals surface area contributed by atoms with Gasteiger partial charge in [0, 0.05) is 6.54 Å². The number of nitrogens with two attached hydrogens (primary N) is 1. The van der Waals surface area contributed by atoms with Gasteiger partial charge < -0.3 is 10.5 Å². The van der Waals surface area contributed by atoms with E-state index in [4.69, 9.17) is 10.5 Å². The van der Waals surface area contributed by atoms with Crippen molar-refractivity contribution in [2.75, 3.05) is 0 Å². The van der Waals surface area contributed by atoms with E-state index in [1.807, 2.05) is 0 Å². The number of benzene rings is 2. The van der Waals surface area contributed by atoms with Crippen LogP contribution in [0, 0.1) is 0 Å². The zero-order valence-corrected chi connectivity index (χ0v) is 11.2. The van der Waals surface area contributed by atoms with Crippen molar-refractivity contribution in [3.8, 4) is 11.5 Å². The van der Waals surface area contributed by atoms with Crippen LogP contribution in [0.5, 0.6) is 11.5 Å². The summed E-state index contributed by atoms with van der Waals surface area (Å²) in [6.07, 6.45) is -4.37. The Morgan fingerprint density at radius 2 is 1.60 bits per heavy atom. The topological polar surface area (TPSA) is 35.2 Å². The predicted molar refractivity (Wildman–Crippen MR) is 73.1 cm³/mol. The van der Waals surface area contributed by atoms with Crippen molar-refractivity contribution >= 4 is 12.4 Å². The fraction of sp³-hybridized carbons (Fsp3) is 0.143. The Kier molecular flexibility index (Phi) is 5.42. The first-order valence-corrected chi connectivity index (χ1v) is 5.63. The zero-order valence-electron chi connectivity index (χ0n) is 10.4. The number of ether oxygens (including phenoxy) is 1. The summed E-state index contributed by atoms with van der Waals surface area (Å²) in [4.78, 5) is 0. The molecule has 2 nitrogen and oxygen atoms in total. The van der Waals surface area contributed by atoms with Crippen molar-refractivity contribution in [1.29, 1.82) is 0 Å². The molecule has 0 aliphatic heterocycles. The third kappa shape index (κ3) is 4.15.